The van der Waals surface area contributed by atoms with Crippen LogP contribution in [-0.4, -0.2) is 32.5 Å². The number of fused-ring (bicyclic) bond motifs is 1. The number of benzene rings is 3. The molecule has 0 radical (unpaired) electrons. The number of halogens is 3. The molecule has 1 aliphatic heterocycles. The molecule has 0 saturated carbocycles. The Balaban J connectivity index is 1.52. The Bertz CT molecular complexity index is 1840. The van der Waals surface area contributed by atoms with E-state index in [-0.39, 0.29) is 22.7 Å². The molecule has 0 saturated heterocycles. The van der Waals surface area contributed by atoms with Gasteiger partial charge in [-0.3, -0.25) is 9.59 Å². The van der Waals surface area contributed by atoms with Crippen molar-refractivity contribution in [3.8, 4) is 11.1 Å². The number of aryl methyl sites for hydroxylation is 1. The molecule has 0 fully saturated rings. The van der Waals surface area contributed by atoms with Crippen molar-refractivity contribution in [3.05, 3.63) is 121 Å². The Hall–Kier alpha value is -4.21. The first kappa shape index (κ1) is 27.0. The first-order chi connectivity index (χ1) is 19.7. The number of carbonyl (C=O) groups is 1. The number of carbonyl (C=O) groups excluding carboxylic acids is 1. The van der Waals surface area contributed by atoms with E-state index in [0.717, 1.165) is 27.3 Å². The van der Waals surface area contributed by atoms with Crippen molar-refractivity contribution in [3.63, 3.8) is 0 Å². The monoisotopic (exact) mass is 588 g/mol. The topological polar surface area (TPSA) is 78.4 Å². The average molecular weight is 589 g/mol. The third-order valence-corrected chi connectivity index (χ3v) is 8.12. The zero-order valence-corrected chi connectivity index (χ0v) is 23.3. The van der Waals surface area contributed by atoms with Crippen molar-refractivity contribution in [1.82, 2.24) is 15.0 Å². The van der Waals surface area contributed by atoms with E-state index in [4.69, 9.17) is 11.6 Å². The molecule has 10 heteroatoms. The first-order valence-corrected chi connectivity index (χ1v) is 14.1. The van der Waals surface area contributed by atoms with Gasteiger partial charge in [-0.2, -0.15) is 13.9 Å². The highest BCUT2D eigenvalue weighted by molar-refractivity contribution is 7.09. The number of hydrazone groups is 1. The van der Waals surface area contributed by atoms with Crippen molar-refractivity contribution < 1.29 is 13.6 Å². The second kappa shape index (κ2) is 10.6. The van der Waals surface area contributed by atoms with Gasteiger partial charge in [0.2, 0.25) is 0 Å². The summed E-state index contributed by atoms with van der Waals surface area (Å²) in [6, 6.07) is 20.8. The van der Waals surface area contributed by atoms with Crippen LogP contribution < -0.4 is 5.56 Å². The maximum Gasteiger partial charge on any atom is 0.332 e. The standard InChI is InChI=1S/C31H23ClF2N4O2S/c1-18-6-8-19(9-7-18)25-16-24(37-38(25)30(40)31(33,34)17-26-35-14-15-41-26)28-27(20-10-12-21(32)13-11-20)22-4-2-3-5-23(22)36-29(28)39/h2-15,25H,16-17H2,1H3,(H,36,39)/t25-/m0/s1. The molecule has 2 aromatic heterocycles. The van der Waals surface area contributed by atoms with Gasteiger partial charge < -0.3 is 4.98 Å². The molecule has 1 amide bonds. The Morgan fingerprint density at radius 1 is 1.07 bits per heavy atom. The van der Waals surface area contributed by atoms with E-state index in [9.17, 15) is 9.59 Å². The summed E-state index contributed by atoms with van der Waals surface area (Å²) in [6.07, 6.45) is 0.661. The number of hydrogen-bond acceptors (Lipinski definition) is 5. The minimum Gasteiger partial charge on any atom is -0.321 e. The van der Waals surface area contributed by atoms with Gasteiger partial charge in [0.15, 0.2) is 0 Å². The van der Waals surface area contributed by atoms with Crippen LogP contribution in [0.1, 0.15) is 34.2 Å². The number of hydrogen-bond donors (Lipinski definition) is 1. The fourth-order valence-corrected chi connectivity index (χ4v) is 5.90. The molecule has 0 aliphatic carbocycles. The highest BCUT2D eigenvalue weighted by Crippen LogP contribution is 2.39. The van der Waals surface area contributed by atoms with E-state index in [1.807, 2.05) is 37.3 Å². The molecule has 0 spiro atoms. The van der Waals surface area contributed by atoms with Gasteiger partial charge in [-0.15, -0.1) is 11.3 Å². The van der Waals surface area contributed by atoms with E-state index in [1.54, 1.807) is 47.8 Å². The third-order valence-electron chi connectivity index (χ3n) is 7.09. The van der Waals surface area contributed by atoms with Crippen LogP contribution in [0.2, 0.25) is 5.02 Å². The summed E-state index contributed by atoms with van der Waals surface area (Å²) in [6.45, 7) is 1.92. The van der Waals surface area contributed by atoms with Crippen molar-refractivity contribution in [2.24, 2.45) is 5.10 Å². The van der Waals surface area contributed by atoms with Crippen LogP contribution in [-0.2, 0) is 11.2 Å². The summed E-state index contributed by atoms with van der Waals surface area (Å²) in [7, 11) is 0. The number of aromatic amines is 1. The van der Waals surface area contributed by atoms with Crippen LogP contribution in [0.5, 0.6) is 0 Å². The number of nitrogens with one attached hydrogen (secondary N) is 1. The van der Waals surface area contributed by atoms with Crippen molar-refractivity contribution in [2.45, 2.75) is 31.7 Å². The lowest BCUT2D eigenvalue weighted by atomic mass is 9.91. The Morgan fingerprint density at radius 3 is 2.51 bits per heavy atom. The number of H-pyrrole nitrogens is 1. The van der Waals surface area contributed by atoms with Gasteiger partial charge in [-0.1, -0.05) is 71.8 Å². The van der Waals surface area contributed by atoms with E-state index in [1.165, 1.54) is 6.20 Å². The van der Waals surface area contributed by atoms with Gasteiger partial charge in [0.05, 0.1) is 28.7 Å². The maximum atomic E-state index is 15.4. The summed E-state index contributed by atoms with van der Waals surface area (Å²) in [5.41, 5.74) is 3.56. The molecule has 41 heavy (non-hydrogen) atoms. The molecule has 6 rings (SSSR count). The van der Waals surface area contributed by atoms with Crippen LogP contribution in [0.25, 0.3) is 22.0 Å². The molecule has 3 aromatic carbocycles. The number of amides is 1. The van der Waals surface area contributed by atoms with Gasteiger partial charge in [-0.05, 0) is 36.2 Å². The summed E-state index contributed by atoms with van der Waals surface area (Å²) in [5.74, 6) is -5.20. The van der Waals surface area contributed by atoms with Crippen molar-refractivity contribution >= 4 is 45.5 Å². The Kier molecular flexibility index (Phi) is 7.01. The third kappa shape index (κ3) is 5.18. The number of thiazole rings is 1. The Morgan fingerprint density at radius 2 is 1.80 bits per heavy atom. The van der Waals surface area contributed by atoms with Gasteiger partial charge >= 0.3 is 11.8 Å². The van der Waals surface area contributed by atoms with E-state index >= 15 is 8.78 Å². The molecule has 206 valence electrons. The number of rotatable bonds is 6. The molecule has 3 heterocycles. The molecule has 5 aromatic rings. The average Bonchev–Trinajstić information content (AvgIpc) is 3.63. The molecular weight excluding hydrogens is 566 g/mol. The van der Waals surface area contributed by atoms with E-state index in [0.29, 0.717) is 27.2 Å². The van der Waals surface area contributed by atoms with Crippen LogP contribution in [0, 0.1) is 6.92 Å². The summed E-state index contributed by atoms with van der Waals surface area (Å²) < 4.78 is 30.8. The number of alkyl halides is 2. The fourth-order valence-electron chi connectivity index (χ4n) is 5.11. The summed E-state index contributed by atoms with van der Waals surface area (Å²) >= 11 is 7.21. The van der Waals surface area contributed by atoms with Gasteiger partial charge in [0.25, 0.3) is 5.56 Å². The molecule has 1 atom stereocenters. The largest absolute Gasteiger partial charge is 0.332 e. The molecule has 1 N–H and O–H groups in total. The molecule has 1 aliphatic rings. The number of para-hydroxylation sites is 1. The SMILES string of the molecule is Cc1ccc([C@@H]2CC(c3c(-c4ccc(Cl)cc4)c4ccccc4[nH]c3=O)=NN2C(=O)C(F)(F)Cc2nccs2)cc1. The van der Waals surface area contributed by atoms with Crippen LogP contribution >= 0.6 is 22.9 Å². The summed E-state index contributed by atoms with van der Waals surface area (Å²) in [5, 5.41) is 8.31. The second-order valence-electron chi connectivity index (χ2n) is 9.89. The fraction of sp³-hybridized carbons (Fsp3) is 0.161. The predicted octanol–water partition coefficient (Wildman–Crippen LogP) is 7.17. The summed E-state index contributed by atoms with van der Waals surface area (Å²) in [4.78, 5) is 33.9. The van der Waals surface area contributed by atoms with Crippen LogP contribution in [0.15, 0.2) is 94.3 Å². The normalized spacial score (nSPS) is 15.4. The smallest absolute Gasteiger partial charge is 0.321 e. The minimum absolute atomic E-state index is 0.0736. The van der Waals surface area contributed by atoms with Crippen molar-refractivity contribution in [2.75, 3.05) is 0 Å². The highest BCUT2D eigenvalue weighted by Gasteiger charge is 2.48. The molecule has 6 nitrogen and oxygen atoms in total. The van der Waals surface area contributed by atoms with Crippen molar-refractivity contribution in [1.29, 1.82) is 0 Å². The lowest BCUT2D eigenvalue weighted by Gasteiger charge is -2.26. The van der Waals surface area contributed by atoms with E-state index in [2.05, 4.69) is 15.1 Å². The number of aromatic nitrogens is 2. The maximum absolute atomic E-state index is 15.4. The van der Waals surface area contributed by atoms with E-state index < -0.39 is 29.9 Å². The first-order valence-electron chi connectivity index (χ1n) is 12.9. The number of pyridine rings is 1. The lowest BCUT2D eigenvalue weighted by molar-refractivity contribution is -0.159. The molecular formula is C31H23ClF2N4O2S. The lowest BCUT2D eigenvalue weighted by Crippen LogP contribution is -2.42. The predicted molar refractivity (Wildman–Crippen MR) is 158 cm³/mol. The zero-order chi connectivity index (χ0) is 28.7. The molecule has 0 unspecified atom stereocenters. The highest BCUT2D eigenvalue weighted by atomic mass is 35.5. The van der Waals surface area contributed by atoms with Crippen LogP contribution in [0.4, 0.5) is 8.78 Å². The second-order valence-corrected chi connectivity index (χ2v) is 11.3. The van der Waals surface area contributed by atoms with Gasteiger partial charge in [0, 0.05) is 39.5 Å². The van der Waals surface area contributed by atoms with Gasteiger partial charge in [-0.25, -0.2) is 9.99 Å². The van der Waals surface area contributed by atoms with Crippen LogP contribution in [0.3, 0.4) is 0 Å². The van der Waals surface area contributed by atoms with Gasteiger partial charge in [0.1, 0.15) is 0 Å². The zero-order valence-electron chi connectivity index (χ0n) is 21.8. The Labute approximate surface area is 242 Å². The molecule has 0 bridgehead atoms. The quantitative estimate of drug-likeness (QED) is 0.228. The number of nitrogens with zero attached hydrogens (tertiary/aromatic N) is 3. The minimum atomic E-state index is -3.76.